The number of likely N-dealkylation sites (tertiary alicyclic amines) is 1. The molecular formula is C51H49N3O7. The van der Waals surface area contributed by atoms with Crippen LogP contribution in [-0.4, -0.2) is 51.5 Å². The molecule has 2 fully saturated rings. The van der Waals surface area contributed by atoms with Crippen LogP contribution in [0.1, 0.15) is 64.2 Å². The lowest BCUT2D eigenvalue weighted by Gasteiger charge is -2.38. The fourth-order valence-electron chi connectivity index (χ4n) is 7.92. The molecule has 6 aromatic carbocycles. The summed E-state index contributed by atoms with van der Waals surface area (Å²) in [7, 11) is 0. The van der Waals surface area contributed by atoms with Crippen molar-refractivity contribution < 1.29 is 33.7 Å². The summed E-state index contributed by atoms with van der Waals surface area (Å²) < 4.78 is 18.8. The highest BCUT2D eigenvalue weighted by atomic mass is 16.7. The second-order valence-corrected chi connectivity index (χ2v) is 15.6. The normalized spacial score (nSPS) is 19.0. The maximum atomic E-state index is 13.3. The van der Waals surface area contributed by atoms with Gasteiger partial charge in [-0.1, -0.05) is 158 Å². The van der Waals surface area contributed by atoms with Gasteiger partial charge in [-0.05, 0) is 50.6 Å². The molecule has 0 aromatic heterocycles. The van der Waals surface area contributed by atoms with Gasteiger partial charge in [0, 0.05) is 31.6 Å². The Kier molecular flexibility index (Phi) is 13.4. The maximum absolute atomic E-state index is 13.3. The number of nitrogens with one attached hydrogen (secondary N) is 1. The second-order valence-electron chi connectivity index (χ2n) is 15.6. The number of imide groups is 1. The molecule has 3 amide bonds. The zero-order valence-corrected chi connectivity index (χ0v) is 33.8. The zero-order chi connectivity index (χ0) is 42.0. The molecule has 2 N–H and O–H groups in total. The van der Waals surface area contributed by atoms with Crippen LogP contribution < -0.4 is 5.32 Å². The number of carbonyl (C=O) groups is 3. The molecule has 10 nitrogen and oxygen atoms in total. The SMILES string of the molecule is O=C(NC1CC(=O)N(Cc2cccc(-c3ccc([C@@H]4O[C@H](CN(Cc5ccccc5)Cc5ccccc5)C[C@H](c5ccc(CO)cc5)O4)cc3)c2)C1=O)OCc1ccccc1. The van der Waals surface area contributed by atoms with Crippen molar-refractivity contribution in [1.29, 1.82) is 0 Å². The van der Waals surface area contributed by atoms with Crippen LogP contribution in [0.5, 0.6) is 0 Å². The number of hydrogen-bond acceptors (Lipinski definition) is 8. The lowest BCUT2D eigenvalue weighted by Crippen LogP contribution is -2.41. The molecule has 1 unspecified atom stereocenters. The van der Waals surface area contributed by atoms with Gasteiger partial charge >= 0.3 is 6.09 Å². The Hall–Kier alpha value is -6.43. The van der Waals surface area contributed by atoms with Gasteiger partial charge in [-0.3, -0.25) is 19.4 Å². The standard InChI is InChI=1S/C51H49N3O7/c55-34-38-19-21-42(22-20-38)47-28-45(33-53(30-36-11-4-1-5-12-36)31-37-13-6-2-7-14-37)60-50(61-47)43-25-23-41(24-26-43)44-18-10-17-40(27-44)32-54-48(56)29-46(49(54)57)52-51(58)59-35-39-15-8-3-9-16-39/h1-27,45-47,50,55H,28-35H2,(H,52,58)/t45-,46?,47+,50+/m0/s1. The molecule has 0 radical (unpaired) electrons. The maximum Gasteiger partial charge on any atom is 0.408 e. The van der Waals surface area contributed by atoms with Gasteiger partial charge in [0.05, 0.1) is 31.8 Å². The molecule has 0 bridgehead atoms. The van der Waals surface area contributed by atoms with Gasteiger partial charge in [0.25, 0.3) is 5.91 Å². The first kappa shape index (κ1) is 41.3. The van der Waals surface area contributed by atoms with Crippen molar-refractivity contribution in [2.24, 2.45) is 0 Å². The summed E-state index contributed by atoms with van der Waals surface area (Å²) in [6, 6.07) is 53.0. The summed E-state index contributed by atoms with van der Waals surface area (Å²) >= 11 is 0. The van der Waals surface area contributed by atoms with E-state index in [0.29, 0.717) is 13.0 Å². The highest BCUT2D eigenvalue weighted by Crippen LogP contribution is 2.39. The van der Waals surface area contributed by atoms with Gasteiger partial charge < -0.3 is 24.6 Å². The van der Waals surface area contributed by atoms with Gasteiger partial charge in [0.15, 0.2) is 6.29 Å². The van der Waals surface area contributed by atoms with Crippen molar-refractivity contribution in [1.82, 2.24) is 15.1 Å². The van der Waals surface area contributed by atoms with Crippen molar-refractivity contribution in [2.75, 3.05) is 6.54 Å². The lowest BCUT2D eigenvalue weighted by atomic mass is 9.98. The number of benzene rings is 6. The molecule has 0 aliphatic carbocycles. The highest BCUT2D eigenvalue weighted by Gasteiger charge is 2.40. The van der Waals surface area contributed by atoms with E-state index in [9.17, 15) is 19.5 Å². The van der Waals surface area contributed by atoms with E-state index in [1.165, 1.54) is 16.0 Å². The predicted molar refractivity (Wildman–Crippen MR) is 231 cm³/mol. The summed E-state index contributed by atoms with van der Waals surface area (Å²) in [6.45, 7) is 2.35. The van der Waals surface area contributed by atoms with Crippen molar-refractivity contribution in [3.8, 4) is 11.1 Å². The molecular weight excluding hydrogens is 767 g/mol. The third-order valence-electron chi connectivity index (χ3n) is 11.1. The zero-order valence-electron chi connectivity index (χ0n) is 33.8. The average Bonchev–Trinajstić information content (AvgIpc) is 3.56. The molecule has 10 heteroatoms. The van der Waals surface area contributed by atoms with E-state index >= 15 is 0 Å². The number of rotatable bonds is 15. The van der Waals surface area contributed by atoms with E-state index in [2.05, 4.69) is 58.7 Å². The fraction of sp³-hybridized carbons (Fsp3) is 0.235. The fourth-order valence-corrected chi connectivity index (χ4v) is 7.92. The van der Waals surface area contributed by atoms with Crippen LogP contribution in [0, 0.1) is 0 Å². The molecule has 0 saturated carbocycles. The van der Waals surface area contributed by atoms with E-state index in [0.717, 1.165) is 52.0 Å². The Labute approximate surface area is 356 Å². The minimum Gasteiger partial charge on any atom is -0.445 e. The predicted octanol–water partition coefficient (Wildman–Crippen LogP) is 8.65. The van der Waals surface area contributed by atoms with E-state index in [-0.39, 0.29) is 44.3 Å². The second kappa shape index (κ2) is 19.8. The first-order valence-electron chi connectivity index (χ1n) is 20.7. The third kappa shape index (κ3) is 10.9. The molecule has 310 valence electrons. The number of alkyl carbamates (subject to hydrolysis) is 1. The number of ether oxygens (including phenoxy) is 3. The molecule has 4 atom stereocenters. The molecule has 2 saturated heterocycles. The van der Waals surface area contributed by atoms with E-state index in [1.54, 1.807) is 0 Å². The third-order valence-corrected chi connectivity index (χ3v) is 11.1. The van der Waals surface area contributed by atoms with Gasteiger partial charge in [0.2, 0.25) is 5.91 Å². The first-order chi connectivity index (χ1) is 29.9. The number of aliphatic hydroxyl groups excluding tert-OH is 1. The number of carbonyl (C=O) groups excluding carboxylic acids is 3. The van der Waals surface area contributed by atoms with Crippen LogP contribution in [0.15, 0.2) is 164 Å². The topological polar surface area (TPSA) is 118 Å². The molecule has 6 aromatic rings. The minimum absolute atomic E-state index is 0.0241. The van der Waals surface area contributed by atoms with Crippen molar-refractivity contribution in [3.63, 3.8) is 0 Å². The minimum atomic E-state index is -0.981. The lowest BCUT2D eigenvalue weighted by molar-refractivity contribution is -0.253. The largest absolute Gasteiger partial charge is 0.445 e. The number of nitrogens with zero attached hydrogens (tertiary/aromatic N) is 2. The summed E-state index contributed by atoms with van der Waals surface area (Å²) in [4.78, 5) is 42.3. The summed E-state index contributed by atoms with van der Waals surface area (Å²) in [6.07, 6.45) is -1.20. The molecule has 8 rings (SSSR count). The smallest absolute Gasteiger partial charge is 0.408 e. The molecule has 2 aliphatic heterocycles. The van der Waals surface area contributed by atoms with Crippen LogP contribution in [0.4, 0.5) is 4.79 Å². The summed E-state index contributed by atoms with van der Waals surface area (Å²) in [5.74, 6) is -0.821. The Morgan fingerprint density at radius 2 is 1.28 bits per heavy atom. The van der Waals surface area contributed by atoms with Crippen LogP contribution in [0.2, 0.25) is 0 Å². The Bertz CT molecular complexity index is 2340. The monoisotopic (exact) mass is 815 g/mol. The van der Waals surface area contributed by atoms with Gasteiger partial charge in [0.1, 0.15) is 12.6 Å². The molecule has 2 aliphatic rings. The van der Waals surface area contributed by atoms with Crippen LogP contribution in [0.25, 0.3) is 11.1 Å². The number of aliphatic hydroxyl groups is 1. The van der Waals surface area contributed by atoms with Crippen molar-refractivity contribution in [2.45, 2.75) is 70.2 Å². The van der Waals surface area contributed by atoms with E-state index < -0.39 is 24.3 Å². The highest BCUT2D eigenvalue weighted by molar-refractivity contribution is 6.06. The first-order valence-corrected chi connectivity index (χ1v) is 20.7. The molecule has 61 heavy (non-hydrogen) atoms. The van der Waals surface area contributed by atoms with E-state index in [4.69, 9.17) is 14.2 Å². The number of hydrogen-bond donors (Lipinski definition) is 2. The van der Waals surface area contributed by atoms with Crippen molar-refractivity contribution >= 4 is 17.9 Å². The Balaban J connectivity index is 0.952. The van der Waals surface area contributed by atoms with E-state index in [1.807, 2.05) is 115 Å². The number of amides is 3. The van der Waals surface area contributed by atoms with Crippen LogP contribution >= 0.6 is 0 Å². The van der Waals surface area contributed by atoms with Gasteiger partial charge in [-0.15, -0.1) is 0 Å². The quantitative estimate of drug-likeness (QED) is 0.0990. The summed E-state index contributed by atoms with van der Waals surface area (Å²) in [5, 5.41) is 12.3. The van der Waals surface area contributed by atoms with Crippen LogP contribution in [-0.2, 0) is 56.6 Å². The van der Waals surface area contributed by atoms with Gasteiger partial charge in [-0.25, -0.2) is 4.79 Å². The van der Waals surface area contributed by atoms with Crippen molar-refractivity contribution in [3.05, 3.63) is 203 Å². The average molecular weight is 816 g/mol. The Morgan fingerprint density at radius 1 is 0.672 bits per heavy atom. The molecule has 2 heterocycles. The van der Waals surface area contributed by atoms with Crippen LogP contribution in [0.3, 0.4) is 0 Å². The summed E-state index contributed by atoms with van der Waals surface area (Å²) in [5.41, 5.74) is 8.69. The van der Waals surface area contributed by atoms with Gasteiger partial charge in [-0.2, -0.15) is 0 Å². The Morgan fingerprint density at radius 3 is 1.92 bits per heavy atom. The molecule has 0 spiro atoms.